The van der Waals surface area contributed by atoms with E-state index in [2.05, 4.69) is 85.8 Å². The number of imidazole rings is 1. The molecule has 2 aromatic rings. The fraction of sp³-hybridized carbons (Fsp3) is 0.768. The van der Waals surface area contributed by atoms with E-state index in [1.807, 2.05) is 26.2 Å². The molecule has 2 saturated heterocycles. The van der Waals surface area contributed by atoms with Crippen molar-refractivity contribution in [2.45, 2.75) is 170 Å². The average Bonchev–Trinajstić information content (AvgIpc) is 4.11. The van der Waals surface area contributed by atoms with Crippen molar-refractivity contribution in [1.29, 1.82) is 0 Å². The summed E-state index contributed by atoms with van der Waals surface area (Å²) in [6.45, 7) is 28.4. The standard InChI is InChI=1S/C56H81N5O5/c1-35(2)37-16-23-56(50(65)61-30-12-13-42(61)47-58-41(36-19-26-57-27-20-36)34-60(47)32-31-59-28-10-11-29-59)25-24-54(8)38(46(37)56)14-15-44-53(7)21-18-45(52(5,6)43(53)17-22-55(44,54)9)66-49(64)40-33-39(48(62)63)51(40,3)4/h19-20,26-27,34,37-40,42-46H,1,10-18,21-25,28-33H2,2-9H3,(H,62,63)/t37-,38+,39-,40+,42-,43-,44+,45-,46+,53-,54+,55+,56-/m0/s1. The van der Waals surface area contributed by atoms with Gasteiger partial charge in [-0.05, 0) is 180 Å². The second kappa shape index (κ2) is 16.3. The van der Waals surface area contributed by atoms with Gasteiger partial charge in [0.1, 0.15) is 11.9 Å². The summed E-state index contributed by atoms with van der Waals surface area (Å²) in [5, 5.41) is 9.75. The summed E-state index contributed by atoms with van der Waals surface area (Å²) in [6, 6.07) is 4.08. The molecule has 10 nitrogen and oxygen atoms in total. The Labute approximate surface area is 395 Å². The van der Waals surface area contributed by atoms with E-state index in [1.165, 1.54) is 24.8 Å². The van der Waals surface area contributed by atoms with Crippen LogP contribution in [0.3, 0.4) is 0 Å². The number of carboxylic acid groups (broad SMARTS) is 1. The molecule has 0 unspecified atom stereocenters. The van der Waals surface area contributed by atoms with E-state index in [1.54, 1.807) is 0 Å². The Morgan fingerprint density at radius 3 is 2.23 bits per heavy atom. The number of likely N-dealkylation sites (tertiary alicyclic amines) is 2. The first-order valence-corrected chi connectivity index (χ1v) is 26.4. The molecule has 360 valence electrons. The number of ether oxygens (including phenoxy) is 1. The molecule has 8 fully saturated rings. The van der Waals surface area contributed by atoms with Crippen LogP contribution >= 0.6 is 0 Å². The molecule has 2 aromatic heterocycles. The minimum Gasteiger partial charge on any atom is -0.481 e. The first-order chi connectivity index (χ1) is 31.3. The Hall–Kier alpha value is -3.53. The molecule has 0 spiro atoms. The van der Waals surface area contributed by atoms with Gasteiger partial charge in [-0.2, -0.15) is 0 Å². The van der Waals surface area contributed by atoms with Crippen molar-refractivity contribution in [2.24, 2.45) is 73.9 Å². The fourth-order valence-electron chi connectivity index (χ4n) is 18.0. The lowest BCUT2D eigenvalue weighted by Gasteiger charge is -2.73. The lowest BCUT2D eigenvalue weighted by molar-refractivity contribution is -0.251. The number of amides is 1. The molecular formula is C56H81N5O5. The number of fused-ring (bicyclic) bond motifs is 7. The maximum absolute atomic E-state index is 16.0. The van der Waals surface area contributed by atoms with Crippen LogP contribution in [0.2, 0.25) is 0 Å². The van der Waals surface area contributed by atoms with Crippen LogP contribution in [0.15, 0.2) is 42.9 Å². The molecule has 0 bridgehead atoms. The number of esters is 1. The average molecular weight is 904 g/mol. The van der Waals surface area contributed by atoms with Gasteiger partial charge in [0, 0.05) is 49.2 Å². The fourth-order valence-corrected chi connectivity index (χ4v) is 18.0. The molecule has 10 heteroatoms. The van der Waals surface area contributed by atoms with Gasteiger partial charge in [0.15, 0.2) is 0 Å². The summed E-state index contributed by atoms with van der Waals surface area (Å²) < 4.78 is 8.90. The van der Waals surface area contributed by atoms with E-state index in [0.717, 1.165) is 120 Å². The van der Waals surface area contributed by atoms with Gasteiger partial charge in [-0.1, -0.05) is 60.6 Å². The maximum Gasteiger partial charge on any atom is 0.309 e. The van der Waals surface area contributed by atoms with E-state index in [4.69, 9.17) is 9.72 Å². The number of aliphatic carboxylic acids is 1. The monoisotopic (exact) mass is 904 g/mol. The molecule has 10 rings (SSSR count). The molecule has 1 N–H and O–H groups in total. The van der Waals surface area contributed by atoms with Gasteiger partial charge in [0.2, 0.25) is 5.91 Å². The molecule has 6 saturated carbocycles. The van der Waals surface area contributed by atoms with Crippen molar-refractivity contribution in [1.82, 2.24) is 24.3 Å². The number of rotatable bonds is 10. The maximum atomic E-state index is 16.0. The van der Waals surface area contributed by atoms with Crippen molar-refractivity contribution in [2.75, 3.05) is 26.2 Å². The molecule has 6 aliphatic carbocycles. The zero-order valence-electron chi connectivity index (χ0n) is 41.7. The Kier molecular flexibility index (Phi) is 11.4. The number of pyridine rings is 1. The van der Waals surface area contributed by atoms with Gasteiger partial charge < -0.3 is 24.2 Å². The minimum absolute atomic E-state index is 0.0259. The second-order valence-corrected chi connectivity index (χ2v) is 25.2. The number of carbonyl (C=O) groups is 3. The summed E-state index contributed by atoms with van der Waals surface area (Å²) in [4.78, 5) is 56.3. The lowest BCUT2D eigenvalue weighted by Crippen LogP contribution is -2.67. The second-order valence-electron chi connectivity index (χ2n) is 25.2. The molecule has 4 heterocycles. The first kappa shape index (κ1) is 46.2. The smallest absolute Gasteiger partial charge is 0.309 e. The highest BCUT2D eigenvalue weighted by molar-refractivity contribution is 5.85. The van der Waals surface area contributed by atoms with Crippen LogP contribution in [0.25, 0.3) is 11.3 Å². The van der Waals surface area contributed by atoms with Crippen LogP contribution in [-0.4, -0.2) is 79.6 Å². The summed E-state index contributed by atoms with van der Waals surface area (Å²) in [7, 11) is 0. The summed E-state index contributed by atoms with van der Waals surface area (Å²) >= 11 is 0. The number of hydrogen-bond donors (Lipinski definition) is 1. The van der Waals surface area contributed by atoms with Crippen LogP contribution in [-0.2, 0) is 25.7 Å². The van der Waals surface area contributed by atoms with Crippen molar-refractivity contribution in [3.8, 4) is 11.3 Å². The highest BCUT2D eigenvalue weighted by atomic mass is 16.5. The van der Waals surface area contributed by atoms with Crippen LogP contribution in [0.5, 0.6) is 0 Å². The first-order valence-electron chi connectivity index (χ1n) is 26.4. The highest BCUT2D eigenvalue weighted by Crippen LogP contribution is 2.78. The van der Waals surface area contributed by atoms with Crippen LogP contribution in [0.1, 0.15) is 164 Å². The third kappa shape index (κ3) is 6.79. The number of carbonyl (C=O) groups excluding carboxylic acids is 2. The lowest BCUT2D eigenvalue weighted by atomic mass is 9.32. The van der Waals surface area contributed by atoms with Gasteiger partial charge in [-0.15, -0.1) is 0 Å². The molecule has 66 heavy (non-hydrogen) atoms. The third-order valence-electron chi connectivity index (χ3n) is 22.0. The normalized spacial score (nSPS) is 41.2. The predicted octanol–water partition coefficient (Wildman–Crippen LogP) is 11.0. The number of carboxylic acids is 1. The molecule has 8 aliphatic rings. The van der Waals surface area contributed by atoms with Crippen molar-refractivity contribution < 1.29 is 24.2 Å². The Balaban J connectivity index is 0.913. The summed E-state index contributed by atoms with van der Waals surface area (Å²) in [6.07, 6.45) is 21.2. The Bertz CT molecular complexity index is 2230. The molecule has 0 radical (unpaired) electrons. The summed E-state index contributed by atoms with van der Waals surface area (Å²) in [5.74, 6) is 1.63. The third-order valence-corrected chi connectivity index (χ3v) is 22.0. The zero-order valence-corrected chi connectivity index (χ0v) is 41.7. The Morgan fingerprint density at radius 2 is 1.53 bits per heavy atom. The Morgan fingerprint density at radius 1 is 0.788 bits per heavy atom. The van der Waals surface area contributed by atoms with Crippen molar-refractivity contribution in [3.63, 3.8) is 0 Å². The largest absolute Gasteiger partial charge is 0.481 e. The van der Waals surface area contributed by atoms with E-state index < -0.39 is 17.3 Å². The van der Waals surface area contributed by atoms with Gasteiger partial charge in [-0.3, -0.25) is 19.4 Å². The molecule has 13 atom stereocenters. The van der Waals surface area contributed by atoms with Crippen molar-refractivity contribution >= 4 is 17.8 Å². The van der Waals surface area contributed by atoms with E-state index in [0.29, 0.717) is 36.0 Å². The SMILES string of the molecule is C=C(C)[C@@H]1CC[C@]2(C(=O)N3CCC[C@H]3c3nc(-c4ccncc4)cn3CCN3CCCC3)CC[C@]3(C)[C@H](CC[C@@H]4[C@@]5(C)CC[C@H](OC(=O)[C@H]6C[C@@H](C(=O)O)C6(C)C)C(C)(C)[C@@H]5CC[C@]43C)[C@@H]12. The molecule has 2 aliphatic heterocycles. The predicted molar refractivity (Wildman–Crippen MR) is 257 cm³/mol. The zero-order chi connectivity index (χ0) is 46.8. The van der Waals surface area contributed by atoms with E-state index in [9.17, 15) is 14.7 Å². The van der Waals surface area contributed by atoms with Gasteiger partial charge in [0.05, 0.1) is 29.0 Å². The number of allylic oxidation sites excluding steroid dienone is 1. The van der Waals surface area contributed by atoms with Crippen LogP contribution in [0.4, 0.5) is 0 Å². The van der Waals surface area contributed by atoms with Crippen LogP contribution < -0.4 is 0 Å². The number of nitrogens with zero attached hydrogens (tertiary/aromatic N) is 5. The number of aromatic nitrogens is 3. The quantitative estimate of drug-likeness (QED) is 0.185. The summed E-state index contributed by atoms with van der Waals surface area (Å²) in [5.41, 5.74) is 2.46. The number of hydrogen-bond acceptors (Lipinski definition) is 7. The highest BCUT2D eigenvalue weighted by Gasteiger charge is 2.73. The van der Waals surface area contributed by atoms with Crippen molar-refractivity contribution in [3.05, 3.63) is 48.7 Å². The van der Waals surface area contributed by atoms with Gasteiger partial charge in [0.25, 0.3) is 0 Å². The molecule has 1 amide bonds. The van der Waals surface area contributed by atoms with Gasteiger partial charge >= 0.3 is 11.9 Å². The van der Waals surface area contributed by atoms with Gasteiger partial charge in [-0.25, -0.2) is 4.98 Å². The van der Waals surface area contributed by atoms with E-state index >= 15 is 4.79 Å². The van der Waals surface area contributed by atoms with Crippen LogP contribution in [0, 0.1) is 73.9 Å². The molecular weight excluding hydrogens is 823 g/mol. The topological polar surface area (TPSA) is 118 Å². The molecule has 0 aromatic carbocycles. The minimum atomic E-state index is -0.816. The van der Waals surface area contributed by atoms with E-state index in [-0.39, 0.29) is 57.0 Å².